The highest BCUT2D eigenvalue weighted by Gasteiger charge is 2.04. The zero-order valence-electron chi connectivity index (χ0n) is 8.87. The van der Waals surface area contributed by atoms with E-state index in [0.29, 0.717) is 0 Å². The van der Waals surface area contributed by atoms with Gasteiger partial charge in [0, 0.05) is 6.04 Å². The molecule has 0 amide bonds. The van der Waals surface area contributed by atoms with Gasteiger partial charge in [0.1, 0.15) is 0 Å². The van der Waals surface area contributed by atoms with E-state index in [2.05, 4.69) is 25.6 Å². The SMILES string of the molecule is C=Cc1cccc(C(N)CCCC)c1. The molecule has 1 aromatic rings. The van der Waals surface area contributed by atoms with Gasteiger partial charge in [0.15, 0.2) is 0 Å². The van der Waals surface area contributed by atoms with E-state index in [1.807, 2.05) is 18.2 Å². The van der Waals surface area contributed by atoms with Crippen LogP contribution in [0.25, 0.3) is 6.08 Å². The van der Waals surface area contributed by atoms with Gasteiger partial charge in [-0.15, -0.1) is 0 Å². The van der Waals surface area contributed by atoms with Crippen LogP contribution in [0.2, 0.25) is 0 Å². The van der Waals surface area contributed by atoms with Gasteiger partial charge in [-0.1, -0.05) is 56.7 Å². The normalized spacial score (nSPS) is 12.4. The van der Waals surface area contributed by atoms with Crippen molar-refractivity contribution in [2.45, 2.75) is 32.2 Å². The van der Waals surface area contributed by atoms with Crippen LogP contribution in [0.3, 0.4) is 0 Å². The monoisotopic (exact) mass is 189 g/mol. The summed E-state index contributed by atoms with van der Waals surface area (Å²) in [6.45, 7) is 5.94. The minimum atomic E-state index is 0.176. The van der Waals surface area contributed by atoms with Crippen LogP contribution in [0.1, 0.15) is 43.4 Å². The minimum absolute atomic E-state index is 0.176. The van der Waals surface area contributed by atoms with E-state index in [9.17, 15) is 0 Å². The van der Waals surface area contributed by atoms with Gasteiger partial charge >= 0.3 is 0 Å². The molecule has 14 heavy (non-hydrogen) atoms. The lowest BCUT2D eigenvalue weighted by Gasteiger charge is -2.11. The first-order chi connectivity index (χ1) is 6.77. The molecule has 1 unspecified atom stereocenters. The van der Waals surface area contributed by atoms with Crippen molar-refractivity contribution >= 4 is 6.08 Å². The van der Waals surface area contributed by atoms with Gasteiger partial charge in [-0.2, -0.15) is 0 Å². The third-order valence-corrected chi connectivity index (χ3v) is 2.44. The quantitative estimate of drug-likeness (QED) is 0.753. The first kappa shape index (κ1) is 11.0. The van der Waals surface area contributed by atoms with Crippen molar-refractivity contribution in [3.63, 3.8) is 0 Å². The van der Waals surface area contributed by atoms with Crippen molar-refractivity contribution in [3.05, 3.63) is 42.0 Å². The minimum Gasteiger partial charge on any atom is -0.324 e. The molecule has 1 nitrogen and oxygen atoms in total. The van der Waals surface area contributed by atoms with E-state index in [1.54, 1.807) is 0 Å². The van der Waals surface area contributed by atoms with Crippen molar-refractivity contribution in [1.29, 1.82) is 0 Å². The summed E-state index contributed by atoms with van der Waals surface area (Å²) in [5, 5.41) is 0. The lowest BCUT2D eigenvalue weighted by molar-refractivity contribution is 0.603. The van der Waals surface area contributed by atoms with Crippen LogP contribution in [0.4, 0.5) is 0 Å². The van der Waals surface area contributed by atoms with Crippen LogP contribution in [0.5, 0.6) is 0 Å². The van der Waals surface area contributed by atoms with Crippen molar-refractivity contribution in [2.75, 3.05) is 0 Å². The Bertz CT molecular complexity index is 291. The molecule has 76 valence electrons. The molecule has 0 aromatic heterocycles. The summed E-state index contributed by atoms with van der Waals surface area (Å²) in [7, 11) is 0. The molecular formula is C13H19N. The first-order valence-corrected chi connectivity index (χ1v) is 5.26. The summed E-state index contributed by atoms with van der Waals surface area (Å²) in [6.07, 6.45) is 5.32. The fourth-order valence-corrected chi connectivity index (χ4v) is 1.51. The standard InChI is InChI=1S/C13H19N/c1-3-5-9-13(14)12-8-6-7-11(4-2)10-12/h4,6-8,10,13H,2-3,5,9,14H2,1H3. The summed E-state index contributed by atoms with van der Waals surface area (Å²) in [6, 6.07) is 8.47. The van der Waals surface area contributed by atoms with Gasteiger partial charge in [0.25, 0.3) is 0 Å². The average molecular weight is 189 g/mol. The highest BCUT2D eigenvalue weighted by Crippen LogP contribution is 2.18. The molecule has 0 aliphatic heterocycles. The van der Waals surface area contributed by atoms with Gasteiger partial charge < -0.3 is 5.73 Å². The lowest BCUT2D eigenvalue weighted by Crippen LogP contribution is -2.09. The molecule has 0 fully saturated rings. The Hall–Kier alpha value is -1.08. The van der Waals surface area contributed by atoms with Crippen LogP contribution in [0, 0.1) is 0 Å². The highest BCUT2D eigenvalue weighted by molar-refractivity contribution is 5.48. The van der Waals surface area contributed by atoms with E-state index in [0.717, 1.165) is 12.0 Å². The van der Waals surface area contributed by atoms with E-state index in [1.165, 1.54) is 18.4 Å². The number of rotatable bonds is 5. The summed E-state index contributed by atoms with van der Waals surface area (Å²) < 4.78 is 0. The third-order valence-electron chi connectivity index (χ3n) is 2.44. The largest absolute Gasteiger partial charge is 0.324 e. The maximum atomic E-state index is 6.07. The zero-order valence-corrected chi connectivity index (χ0v) is 8.87. The predicted octanol–water partition coefficient (Wildman–Crippen LogP) is 3.52. The average Bonchev–Trinajstić information content (AvgIpc) is 2.26. The lowest BCUT2D eigenvalue weighted by atomic mass is 10.0. The molecule has 0 heterocycles. The molecule has 0 aliphatic rings. The number of hydrogen-bond donors (Lipinski definition) is 1. The molecule has 1 atom stereocenters. The summed E-state index contributed by atoms with van der Waals surface area (Å²) in [5.74, 6) is 0. The molecule has 0 radical (unpaired) electrons. The van der Waals surface area contributed by atoms with Crippen LogP contribution in [0.15, 0.2) is 30.8 Å². The van der Waals surface area contributed by atoms with Gasteiger partial charge in [0.2, 0.25) is 0 Å². The second-order valence-electron chi connectivity index (χ2n) is 3.62. The van der Waals surface area contributed by atoms with E-state index < -0.39 is 0 Å². The molecule has 1 aromatic carbocycles. The molecular weight excluding hydrogens is 170 g/mol. The second-order valence-corrected chi connectivity index (χ2v) is 3.62. The van der Waals surface area contributed by atoms with Gasteiger partial charge in [-0.3, -0.25) is 0 Å². The smallest absolute Gasteiger partial charge is 0.0295 e. The van der Waals surface area contributed by atoms with Gasteiger partial charge in [-0.05, 0) is 17.5 Å². The van der Waals surface area contributed by atoms with E-state index in [-0.39, 0.29) is 6.04 Å². The van der Waals surface area contributed by atoms with Crippen molar-refractivity contribution in [3.8, 4) is 0 Å². The van der Waals surface area contributed by atoms with Crippen molar-refractivity contribution in [1.82, 2.24) is 0 Å². The number of benzene rings is 1. The first-order valence-electron chi connectivity index (χ1n) is 5.26. The molecule has 0 saturated carbocycles. The molecule has 0 spiro atoms. The number of hydrogen-bond acceptors (Lipinski definition) is 1. The fraction of sp³-hybridized carbons (Fsp3) is 0.385. The fourth-order valence-electron chi connectivity index (χ4n) is 1.51. The van der Waals surface area contributed by atoms with Crippen LogP contribution < -0.4 is 5.73 Å². The van der Waals surface area contributed by atoms with Crippen molar-refractivity contribution in [2.24, 2.45) is 5.73 Å². The molecule has 1 rings (SSSR count). The summed E-state index contributed by atoms with van der Waals surface area (Å²) >= 11 is 0. The second kappa shape index (κ2) is 5.61. The maximum Gasteiger partial charge on any atom is 0.0295 e. The van der Waals surface area contributed by atoms with Crippen LogP contribution in [-0.4, -0.2) is 0 Å². The van der Waals surface area contributed by atoms with Gasteiger partial charge in [0.05, 0.1) is 0 Å². The highest BCUT2D eigenvalue weighted by atomic mass is 14.6. The molecule has 2 N–H and O–H groups in total. The maximum absolute atomic E-state index is 6.07. The molecule has 0 bridgehead atoms. The zero-order chi connectivity index (χ0) is 10.4. The molecule has 0 saturated heterocycles. The van der Waals surface area contributed by atoms with E-state index in [4.69, 9.17) is 5.73 Å². The Kier molecular flexibility index (Phi) is 4.41. The van der Waals surface area contributed by atoms with Crippen molar-refractivity contribution < 1.29 is 0 Å². The Morgan fingerprint density at radius 1 is 1.50 bits per heavy atom. The number of unbranched alkanes of at least 4 members (excludes halogenated alkanes) is 1. The number of nitrogens with two attached hydrogens (primary N) is 1. The Balaban J connectivity index is 2.68. The van der Waals surface area contributed by atoms with Crippen LogP contribution >= 0.6 is 0 Å². The predicted molar refractivity (Wildman–Crippen MR) is 63.0 cm³/mol. The Morgan fingerprint density at radius 2 is 2.29 bits per heavy atom. The topological polar surface area (TPSA) is 26.0 Å². The van der Waals surface area contributed by atoms with E-state index >= 15 is 0 Å². The summed E-state index contributed by atoms with van der Waals surface area (Å²) in [5.41, 5.74) is 8.44. The Morgan fingerprint density at radius 3 is 2.93 bits per heavy atom. The molecule has 0 aliphatic carbocycles. The van der Waals surface area contributed by atoms with Gasteiger partial charge in [-0.25, -0.2) is 0 Å². The summed E-state index contributed by atoms with van der Waals surface area (Å²) in [4.78, 5) is 0. The third kappa shape index (κ3) is 3.00. The Labute approximate surface area is 86.6 Å². The molecule has 1 heteroatoms. The van der Waals surface area contributed by atoms with Crippen LogP contribution in [-0.2, 0) is 0 Å².